The van der Waals surface area contributed by atoms with Crippen molar-refractivity contribution in [3.05, 3.63) is 157 Å². The van der Waals surface area contributed by atoms with Gasteiger partial charge in [0.25, 0.3) is 0 Å². The van der Waals surface area contributed by atoms with E-state index in [0.29, 0.717) is 0 Å². The Morgan fingerprint density at radius 1 is 0.404 bits per heavy atom. The van der Waals surface area contributed by atoms with Gasteiger partial charge in [0, 0.05) is 0 Å². The fraction of sp³-hybridized carbons (Fsp3) is 0.136. The van der Waals surface area contributed by atoms with Crippen LogP contribution in [-0.4, -0.2) is 0 Å². The second kappa shape index (κ2) is 16.6. The summed E-state index contributed by atoms with van der Waals surface area (Å²) >= 11 is 0. The predicted molar refractivity (Wildman–Crippen MR) is 193 cm³/mol. The van der Waals surface area contributed by atoms with Gasteiger partial charge in [-0.3, -0.25) is 0 Å². The van der Waals surface area contributed by atoms with Gasteiger partial charge in [0.05, 0.1) is 0 Å². The summed E-state index contributed by atoms with van der Waals surface area (Å²) < 4.78 is 0. The number of hydrogen-bond acceptors (Lipinski definition) is 0. The predicted octanol–water partition coefficient (Wildman–Crippen LogP) is 6.67. The van der Waals surface area contributed by atoms with Gasteiger partial charge in [0.15, 0.2) is 0 Å². The third kappa shape index (κ3) is 7.49. The van der Waals surface area contributed by atoms with Crippen molar-refractivity contribution in [3.63, 3.8) is 0 Å². The van der Waals surface area contributed by atoms with Gasteiger partial charge < -0.3 is 24.8 Å². The minimum absolute atomic E-state index is 0. The zero-order valence-corrected chi connectivity index (χ0v) is 30.9. The SMILES string of the molecule is CCCc1cc2c(-c3cccc4ccccc34)cccc2[cH-]1.CCCc1cc2c(-c3cccc4ccccc34)cccc2[cH-]1.[Cl-].[Cl-].[Zr+4]. The molecule has 0 bridgehead atoms. The molecule has 0 aromatic heterocycles. The van der Waals surface area contributed by atoms with Crippen LogP contribution in [0.1, 0.15) is 37.8 Å². The van der Waals surface area contributed by atoms with Crippen molar-refractivity contribution in [1.29, 1.82) is 0 Å². The quantitative estimate of drug-likeness (QED) is 0.168. The topological polar surface area (TPSA) is 0 Å². The second-order valence-corrected chi connectivity index (χ2v) is 11.9. The van der Waals surface area contributed by atoms with Gasteiger partial charge in [0.2, 0.25) is 0 Å². The summed E-state index contributed by atoms with van der Waals surface area (Å²) in [5, 5.41) is 10.7. The van der Waals surface area contributed by atoms with E-state index in [4.69, 9.17) is 0 Å². The normalized spacial score (nSPS) is 10.6. The number of benzene rings is 6. The van der Waals surface area contributed by atoms with Crippen molar-refractivity contribution < 1.29 is 51.0 Å². The Bertz CT molecular complexity index is 2050. The fourth-order valence-corrected chi connectivity index (χ4v) is 6.85. The van der Waals surface area contributed by atoms with Crippen LogP contribution in [0.25, 0.3) is 65.3 Å². The number of rotatable bonds is 6. The van der Waals surface area contributed by atoms with E-state index in [0.717, 1.165) is 12.8 Å². The van der Waals surface area contributed by atoms with Gasteiger partial charge in [-0.05, 0) is 45.5 Å². The van der Waals surface area contributed by atoms with Crippen molar-refractivity contribution in [3.8, 4) is 22.3 Å². The summed E-state index contributed by atoms with van der Waals surface area (Å²) in [6.07, 6.45) is 4.70. The summed E-state index contributed by atoms with van der Waals surface area (Å²) in [6.45, 7) is 4.48. The Hall–Kier alpha value is -3.48. The molecule has 0 aliphatic heterocycles. The van der Waals surface area contributed by atoms with Crippen molar-refractivity contribution in [2.75, 3.05) is 0 Å². The number of halogens is 2. The minimum Gasteiger partial charge on any atom is -1.00 e. The first-order chi connectivity index (χ1) is 21.7. The van der Waals surface area contributed by atoms with Crippen molar-refractivity contribution in [2.45, 2.75) is 39.5 Å². The Kier molecular flexibility index (Phi) is 12.8. The Balaban J connectivity index is 0.000000200. The average molecular weight is 729 g/mol. The standard InChI is InChI=1S/2C22H19.2ClH.Zr/c2*1-2-7-16-14-18-10-6-13-21(22(18)15-16)20-12-5-9-17-8-3-4-11-19(17)20;;;/h2*3-6,8-15H,2,7H2,1H3;2*1H;/q2*-1;;;+4/p-2. The van der Waals surface area contributed by atoms with Crippen LogP contribution >= 0.6 is 0 Å². The molecular weight excluding hydrogens is 691 g/mol. The molecule has 8 rings (SSSR count). The molecule has 0 atom stereocenters. The van der Waals surface area contributed by atoms with Gasteiger partial charge in [0.1, 0.15) is 0 Å². The molecule has 0 fully saturated rings. The molecule has 0 amide bonds. The molecule has 0 nitrogen and oxygen atoms in total. The third-order valence-electron chi connectivity index (χ3n) is 8.86. The van der Waals surface area contributed by atoms with Crippen LogP contribution in [0.15, 0.2) is 146 Å². The molecule has 232 valence electrons. The molecule has 8 aromatic rings. The van der Waals surface area contributed by atoms with Crippen LogP contribution in [0.5, 0.6) is 0 Å². The summed E-state index contributed by atoms with van der Waals surface area (Å²) in [6, 6.07) is 53.2. The van der Waals surface area contributed by atoms with Crippen molar-refractivity contribution in [2.24, 2.45) is 0 Å². The molecule has 0 unspecified atom stereocenters. The summed E-state index contributed by atoms with van der Waals surface area (Å²) in [7, 11) is 0. The molecule has 0 saturated heterocycles. The van der Waals surface area contributed by atoms with E-state index in [2.05, 4.69) is 159 Å². The molecule has 0 aliphatic rings. The van der Waals surface area contributed by atoms with Crippen molar-refractivity contribution in [1.82, 2.24) is 0 Å². The van der Waals surface area contributed by atoms with E-state index in [1.165, 1.54) is 89.3 Å². The third-order valence-corrected chi connectivity index (χ3v) is 8.86. The minimum atomic E-state index is 0. The van der Waals surface area contributed by atoms with Crippen LogP contribution in [0.3, 0.4) is 0 Å². The monoisotopic (exact) mass is 726 g/mol. The van der Waals surface area contributed by atoms with Gasteiger partial charge >= 0.3 is 26.2 Å². The van der Waals surface area contributed by atoms with Crippen LogP contribution < -0.4 is 24.8 Å². The van der Waals surface area contributed by atoms with Gasteiger partial charge in [-0.15, -0.1) is 69.1 Å². The van der Waals surface area contributed by atoms with E-state index >= 15 is 0 Å². The van der Waals surface area contributed by atoms with E-state index < -0.39 is 0 Å². The van der Waals surface area contributed by atoms with E-state index in [1.54, 1.807) is 0 Å². The first-order valence-electron chi connectivity index (χ1n) is 16.1. The largest absolute Gasteiger partial charge is 4.00 e. The Morgan fingerprint density at radius 2 is 0.745 bits per heavy atom. The van der Waals surface area contributed by atoms with Gasteiger partial charge in [-0.2, -0.15) is 12.1 Å². The number of hydrogen-bond donors (Lipinski definition) is 0. The summed E-state index contributed by atoms with van der Waals surface area (Å²) in [4.78, 5) is 0. The van der Waals surface area contributed by atoms with E-state index in [-0.39, 0.29) is 51.0 Å². The van der Waals surface area contributed by atoms with Crippen LogP contribution in [0.4, 0.5) is 0 Å². The molecule has 3 heteroatoms. The summed E-state index contributed by atoms with van der Waals surface area (Å²) in [5.74, 6) is 0. The Labute approximate surface area is 310 Å². The average Bonchev–Trinajstić information content (AvgIpc) is 3.68. The first kappa shape index (κ1) is 36.4. The molecule has 0 radical (unpaired) electrons. The zero-order valence-electron chi connectivity index (χ0n) is 26.9. The zero-order chi connectivity index (χ0) is 29.9. The maximum Gasteiger partial charge on any atom is 4.00 e. The van der Waals surface area contributed by atoms with E-state index in [9.17, 15) is 0 Å². The molecule has 8 aromatic carbocycles. The van der Waals surface area contributed by atoms with Crippen LogP contribution in [0.2, 0.25) is 0 Å². The Morgan fingerprint density at radius 3 is 1.15 bits per heavy atom. The maximum atomic E-state index is 2.37. The molecule has 0 aliphatic carbocycles. The van der Waals surface area contributed by atoms with Crippen LogP contribution in [-0.2, 0) is 39.0 Å². The molecule has 0 N–H and O–H groups in total. The van der Waals surface area contributed by atoms with Gasteiger partial charge in [-0.25, -0.2) is 0 Å². The first-order valence-corrected chi connectivity index (χ1v) is 16.1. The molecule has 0 spiro atoms. The molecule has 47 heavy (non-hydrogen) atoms. The van der Waals surface area contributed by atoms with E-state index in [1.807, 2.05) is 0 Å². The van der Waals surface area contributed by atoms with Gasteiger partial charge in [-0.1, -0.05) is 135 Å². The second-order valence-electron chi connectivity index (χ2n) is 11.9. The fourth-order valence-electron chi connectivity index (χ4n) is 6.85. The maximum absolute atomic E-state index is 2.37. The molecule has 0 saturated carbocycles. The van der Waals surface area contributed by atoms with Crippen molar-refractivity contribution >= 4 is 43.1 Å². The summed E-state index contributed by atoms with van der Waals surface area (Å²) in [5.41, 5.74) is 8.25. The van der Waals surface area contributed by atoms with Crippen LogP contribution in [0, 0.1) is 0 Å². The molecule has 0 heterocycles. The number of fused-ring (bicyclic) bond motifs is 4. The number of aryl methyl sites for hydroxylation is 2. The molecular formula is C44H38Cl2Zr. The smallest absolute Gasteiger partial charge is 1.00 e.